The number of nitrogens with zero attached hydrogens (tertiary/aromatic N) is 1. The van der Waals surface area contributed by atoms with Crippen LogP contribution in [0.5, 0.6) is 0 Å². The molecule has 0 atom stereocenters. The minimum Gasteiger partial charge on any atom is -0.306 e. The van der Waals surface area contributed by atoms with Crippen LogP contribution < -0.4 is 10.9 Å². The van der Waals surface area contributed by atoms with Crippen LogP contribution in [-0.4, -0.2) is 15.7 Å². The Morgan fingerprint density at radius 2 is 2.15 bits per heavy atom. The van der Waals surface area contributed by atoms with Gasteiger partial charge in [0.1, 0.15) is 0 Å². The van der Waals surface area contributed by atoms with Crippen LogP contribution in [0.3, 0.4) is 0 Å². The standard InChI is InChI=1S/C9H15N3O/c1-9(2,3)10-6-7-4-5-8(13)12-11-7/h4-5,10H,6H2,1-3H3,(H,12,13). The Morgan fingerprint density at radius 3 is 2.62 bits per heavy atom. The smallest absolute Gasteiger partial charge is 0.264 e. The largest absolute Gasteiger partial charge is 0.306 e. The van der Waals surface area contributed by atoms with Gasteiger partial charge in [0.15, 0.2) is 0 Å². The molecule has 0 saturated carbocycles. The maximum atomic E-state index is 10.7. The summed E-state index contributed by atoms with van der Waals surface area (Å²) in [5.41, 5.74) is 0.742. The van der Waals surface area contributed by atoms with E-state index in [2.05, 4.69) is 36.3 Å². The van der Waals surface area contributed by atoms with Crippen molar-refractivity contribution in [2.45, 2.75) is 32.9 Å². The monoisotopic (exact) mass is 181 g/mol. The van der Waals surface area contributed by atoms with Crippen molar-refractivity contribution in [3.05, 3.63) is 28.2 Å². The van der Waals surface area contributed by atoms with Gasteiger partial charge >= 0.3 is 0 Å². The van der Waals surface area contributed by atoms with Gasteiger partial charge in [-0.05, 0) is 26.8 Å². The molecule has 1 aromatic rings. The maximum Gasteiger partial charge on any atom is 0.264 e. The van der Waals surface area contributed by atoms with Crippen molar-refractivity contribution in [1.29, 1.82) is 0 Å². The average Bonchev–Trinajstić information content (AvgIpc) is 2.02. The van der Waals surface area contributed by atoms with Crippen LogP contribution in [0.2, 0.25) is 0 Å². The summed E-state index contributed by atoms with van der Waals surface area (Å²) >= 11 is 0. The Labute approximate surface area is 77.4 Å². The number of aromatic amines is 1. The molecule has 72 valence electrons. The number of aromatic nitrogens is 2. The summed E-state index contributed by atoms with van der Waals surface area (Å²) < 4.78 is 0. The average molecular weight is 181 g/mol. The SMILES string of the molecule is CC(C)(C)NCc1ccc(=O)[nH]n1. The zero-order valence-corrected chi connectivity index (χ0v) is 8.22. The predicted octanol–water partition coefficient (Wildman–Crippen LogP) is 0.658. The number of hydrogen-bond donors (Lipinski definition) is 2. The first-order valence-corrected chi connectivity index (χ1v) is 4.27. The van der Waals surface area contributed by atoms with E-state index in [-0.39, 0.29) is 11.1 Å². The lowest BCUT2D eigenvalue weighted by molar-refractivity contribution is 0.420. The molecule has 2 N–H and O–H groups in total. The molecule has 1 rings (SSSR count). The van der Waals surface area contributed by atoms with E-state index in [0.29, 0.717) is 6.54 Å². The Balaban J connectivity index is 2.56. The van der Waals surface area contributed by atoms with E-state index < -0.39 is 0 Å². The second-order valence-electron chi connectivity index (χ2n) is 4.02. The van der Waals surface area contributed by atoms with E-state index in [9.17, 15) is 4.79 Å². The van der Waals surface area contributed by atoms with E-state index >= 15 is 0 Å². The van der Waals surface area contributed by atoms with Crippen molar-refractivity contribution in [3.8, 4) is 0 Å². The summed E-state index contributed by atoms with van der Waals surface area (Å²) in [6.07, 6.45) is 0. The molecule has 0 aliphatic carbocycles. The van der Waals surface area contributed by atoms with Gasteiger partial charge in [-0.1, -0.05) is 0 Å². The number of nitrogens with one attached hydrogen (secondary N) is 2. The fourth-order valence-electron chi connectivity index (χ4n) is 0.827. The molecule has 0 bridgehead atoms. The van der Waals surface area contributed by atoms with Crippen LogP contribution in [0.4, 0.5) is 0 Å². The second kappa shape index (κ2) is 3.70. The third-order valence-corrected chi connectivity index (χ3v) is 1.54. The highest BCUT2D eigenvalue weighted by Gasteiger charge is 2.08. The zero-order valence-electron chi connectivity index (χ0n) is 8.22. The highest BCUT2D eigenvalue weighted by atomic mass is 16.1. The van der Waals surface area contributed by atoms with Crippen molar-refractivity contribution in [3.63, 3.8) is 0 Å². The minimum absolute atomic E-state index is 0.0673. The first kappa shape index (κ1) is 9.92. The lowest BCUT2D eigenvalue weighted by Gasteiger charge is -2.19. The summed E-state index contributed by atoms with van der Waals surface area (Å²) in [6.45, 7) is 6.91. The molecule has 1 heterocycles. The van der Waals surface area contributed by atoms with E-state index in [0.717, 1.165) is 5.69 Å². The number of hydrogen-bond acceptors (Lipinski definition) is 3. The Kier molecular flexibility index (Phi) is 2.83. The van der Waals surface area contributed by atoms with Gasteiger partial charge in [-0.25, -0.2) is 5.10 Å². The molecule has 0 radical (unpaired) electrons. The fourth-order valence-corrected chi connectivity index (χ4v) is 0.827. The van der Waals surface area contributed by atoms with Crippen LogP contribution in [0, 0.1) is 0 Å². The Bertz CT molecular complexity index is 304. The predicted molar refractivity (Wildman–Crippen MR) is 51.5 cm³/mol. The number of H-pyrrole nitrogens is 1. The van der Waals surface area contributed by atoms with Gasteiger partial charge < -0.3 is 5.32 Å². The third kappa shape index (κ3) is 3.85. The molecular formula is C9H15N3O. The number of rotatable bonds is 2. The van der Waals surface area contributed by atoms with Crippen LogP contribution in [0.25, 0.3) is 0 Å². The van der Waals surface area contributed by atoms with Gasteiger partial charge in [-0.15, -0.1) is 0 Å². The maximum absolute atomic E-state index is 10.7. The molecule has 4 heteroatoms. The first-order valence-electron chi connectivity index (χ1n) is 4.27. The van der Waals surface area contributed by atoms with Crippen molar-refractivity contribution >= 4 is 0 Å². The molecule has 4 nitrogen and oxygen atoms in total. The molecule has 0 aliphatic heterocycles. The van der Waals surface area contributed by atoms with E-state index in [1.165, 1.54) is 6.07 Å². The molecule has 0 fully saturated rings. The van der Waals surface area contributed by atoms with E-state index in [1.54, 1.807) is 6.07 Å². The van der Waals surface area contributed by atoms with Crippen LogP contribution in [-0.2, 0) is 6.54 Å². The highest BCUT2D eigenvalue weighted by molar-refractivity contribution is 4.99. The minimum atomic E-state index is -0.167. The summed E-state index contributed by atoms with van der Waals surface area (Å²) in [5.74, 6) is 0. The Hall–Kier alpha value is -1.16. The summed E-state index contributed by atoms with van der Waals surface area (Å²) in [5, 5.41) is 9.54. The van der Waals surface area contributed by atoms with Gasteiger partial charge in [0.05, 0.1) is 5.69 Å². The van der Waals surface area contributed by atoms with E-state index in [1.807, 2.05) is 0 Å². The van der Waals surface area contributed by atoms with Crippen LogP contribution in [0.15, 0.2) is 16.9 Å². The second-order valence-corrected chi connectivity index (χ2v) is 4.02. The van der Waals surface area contributed by atoms with Crippen molar-refractivity contribution in [2.24, 2.45) is 0 Å². The fraction of sp³-hybridized carbons (Fsp3) is 0.556. The topological polar surface area (TPSA) is 57.8 Å². The lowest BCUT2D eigenvalue weighted by atomic mass is 10.1. The molecule has 0 amide bonds. The van der Waals surface area contributed by atoms with E-state index in [4.69, 9.17) is 0 Å². The summed E-state index contributed by atoms with van der Waals surface area (Å²) in [7, 11) is 0. The summed E-state index contributed by atoms with van der Waals surface area (Å²) in [6, 6.07) is 3.20. The molecule has 13 heavy (non-hydrogen) atoms. The van der Waals surface area contributed by atoms with Gasteiger partial charge in [-0.2, -0.15) is 5.10 Å². The van der Waals surface area contributed by atoms with Crippen LogP contribution in [0.1, 0.15) is 26.5 Å². The highest BCUT2D eigenvalue weighted by Crippen LogP contribution is 2.00. The lowest BCUT2D eigenvalue weighted by Crippen LogP contribution is -2.35. The molecule has 0 saturated heterocycles. The van der Waals surface area contributed by atoms with Crippen molar-refractivity contribution < 1.29 is 0 Å². The van der Waals surface area contributed by atoms with Crippen molar-refractivity contribution in [2.75, 3.05) is 0 Å². The van der Waals surface area contributed by atoms with Gasteiger partial charge in [0, 0.05) is 18.2 Å². The zero-order chi connectivity index (χ0) is 9.90. The normalized spacial score (nSPS) is 11.6. The Morgan fingerprint density at radius 1 is 1.46 bits per heavy atom. The molecule has 0 unspecified atom stereocenters. The quantitative estimate of drug-likeness (QED) is 0.704. The van der Waals surface area contributed by atoms with Crippen molar-refractivity contribution in [1.82, 2.24) is 15.5 Å². The van der Waals surface area contributed by atoms with Gasteiger partial charge in [0.2, 0.25) is 0 Å². The molecular weight excluding hydrogens is 166 g/mol. The third-order valence-electron chi connectivity index (χ3n) is 1.54. The van der Waals surface area contributed by atoms with Crippen LogP contribution >= 0.6 is 0 Å². The summed E-state index contributed by atoms with van der Waals surface area (Å²) in [4.78, 5) is 10.7. The van der Waals surface area contributed by atoms with Gasteiger partial charge in [0.25, 0.3) is 5.56 Å². The molecule has 0 aromatic carbocycles. The van der Waals surface area contributed by atoms with Gasteiger partial charge in [-0.3, -0.25) is 4.79 Å². The molecule has 1 aromatic heterocycles. The first-order chi connectivity index (χ1) is 5.97. The molecule has 0 aliphatic rings. The molecule has 0 spiro atoms.